The molecule has 1 amide bonds. The van der Waals surface area contributed by atoms with Gasteiger partial charge in [-0.2, -0.15) is 0 Å². The van der Waals surface area contributed by atoms with Crippen LogP contribution in [0.15, 0.2) is 18.3 Å². The lowest BCUT2D eigenvalue weighted by Crippen LogP contribution is -2.50. The topological polar surface area (TPSA) is 54.5 Å². The molecule has 130 valence electrons. The zero-order chi connectivity index (χ0) is 17.7. The maximum Gasteiger partial charge on any atom is 0.410 e. The highest BCUT2D eigenvalue weighted by molar-refractivity contribution is 5.69. The Morgan fingerprint density at radius 1 is 1.26 bits per heavy atom. The van der Waals surface area contributed by atoms with E-state index in [1.807, 2.05) is 60.6 Å². The third-order valence-corrected chi connectivity index (χ3v) is 3.35. The van der Waals surface area contributed by atoms with Crippen molar-refractivity contribution in [2.24, 2.45) is 0 Å². The summed E-state index contributed by atoms with van der Waals surface area (Å²) in [5.41, 5.74) is 1.43. The third kappa shape index (κ3) is 6.99. The summed E-state index contributed by atoms with van der Waals surface area (Å²) in [6.45, 7) is 15.7. The fraction of sp³-hybridized carbons (Fsp3) is 0.667. The molecule has 0 aliphatic heterocycles. The highest BCUT2D eigenvalue weighted by Gasteiger charge is 2.30. The van der Waals surface area contributed by atoms with Crippen LogP contribution in [-0.4, -0.2) is 40.2 Å². The number of amides is 1. The number of aryl methyl sites for hydroxylation is 1. The molecule has 1 rings (SSSR count). The number of carbonyl (C=O) groups is 1. The Bertz CT molecular complexity index is 516. The van der Waals surface area contributed by atoms with E-state index in [9.17, 15) is 4.79 Å². The predicted octanol–water partition coefficient (Wildman–Crippen LogP) is 3.52. The predicted molar refractivity (Wildman–Crippen MR) is 93.4 cm³/mol. The van der Waals surface area contributed by atoms with Gasteiger partial charge in [0.15, 0.2) is 0 Å². The van der Waals surface area contributed by atoms with Crippen molar-refractivity contribution in [2.75, 3.05) is 13.1 Å². The number of hydrogen-bond donors (Lipinski definition) is 1. The lowest BCUT2D eigenvalue weighted by Gasteiger charge is -2.36. The molecule has 0 aliphatic rings. The summed E-state index contributed by atoms with van der Waals surface area (Å²) in [5.74, 6) is 0. The summed E-state index contributed by atoms with van der Waals surface area (Å²) in [7, 11) is 0. The number of hydrogen-bond acceptors (Lipinski definition) is 4. The molecule has 0 unspecified atom stereocenters. The van der Waals surface area contributed by atoms with Gasteiger partial charge < -0.3 is 15.0 Å². The number of carbonyl (C=O) groups excluding carboxylic acids is 1. The van der Waals surface area contributed by atoms with E-state index in [-0.39, 0.29) is 11.6 Å². The first kappa shape index (κ1) is 19.4. The molecule has 0 aromatic carbocycles. The average molecular weight is 321 g/mol. The van der Waals surface area contributed by atoms with Crippen molar-refractivity contribution < 1.29 is 9.53 Å². The van der Waals surface area contributed by atoms with Crippen LogP contribution in [0.5, 0.6) is 0 Å². The molecule has 0 saturated heterocycles. The quantitative estimate of drug-likeness (QED) is 0.843. The van der Waals surface area contributed by atoms with Crippen LogP contribution in [0.4, 0.5) is 4.79 Å². The maximum absolute atomic E-state index is 12.4. The highest BCUT2D eigenvalue weighted by Crippen LogP contribution is 2.18. The normalized spacial score (nSPS) is 12.1. The summed E-state index contributed by atoms with van der Waals surface area (Å²) >= 11 is 0. The van der Waals surface area contributed by atoms with Crippen LogP contribution >= 0.6 is 0 Å². The Morgan fingerprint density at radius 2 is 1.91 bits per heavy atom. The van der Waals surface area contributed by atoms with E-state index in [0.717, 1.165) is 5.69 Å². The number of pyridine rings is 1. The number of ether oxygens (including phenoxy) is 1. The van der Waals surface area contributed by atoms with Gasteiger partial charge in [0.2, 0.25) is 0 Å². The first-order valence-electron chi connectivity index (χ1n) is 8.12. The molecule has 1 aromatic heterocycles. The highest BCUT2D eigenvalue weighted by atomic mass is 16.6. The molecule has 1 N–H and O–H groups in total. The summed E-state index contributed by atoms with van der Waals surface area (Å²) in [4.78, 5) is 18.5. The summed E-state index contributed by atoms with van der Waals surface area (Å²) < 4.78 is 5.51. The summed E-state index contributed by atoms with van der Waals surface area (Å²) in [6.07, 6.45) is 1.52. The Balaban J connectivity index is 2.56. The van der Waals surface area contributed by atoms with E-state index >= 15 is 0 Å². The average Bonchev–Trinajstić information content (AvgIpc) is 2.36. The fourth-order valence-corrected chi connectivity index (χ4v) is 2.12. The third-order valence-electron chi connectivity index (χ3n) is 3.35. The Hall–Kier alpha value is -1.62. The molecule has 0 bridgehead atoms. The minimum Gasteiger partial charge on any atom is -0.444 e. The van der Waals surface area contributed by atoms with E-state index < -0.39 is 5.60 Å². The van der Waals surface area contributed by atoms with Crippen LogP contribution in [-0.2, 0) is 11.3 Å². The van der Waals surface area contributed by atoms with Gasteiger partial charge in [0.25, 0.3) is 0 Å². The van der Waals surface area contributed by atoms with E-state index in [2.05, 4.69) is 10.3 Å². The first-order chi connectivity index (χ1) is 10.5. The van der Waals surface area contributed by atoms with Gasteiger partial charge in [-0.3, -0.25) is 4.98 Å². The smallest absolute Gasteiger partial charge is 0.410 e. The van der Waals surface area contributed by atoms with Crippen molar-refractivity contribution in [2.45, 2.75) is 66.2 Å². The second kappa shape index (κ2) is 7.77. The maximum atomic E-state index is 12.4. The molecule has 23 heavy (non-hydrogen) atoms. The molecule has 0 atom stereocenters. The van der Waals surface area contributed by atoms with Crippen LogP contribution in [0.25, 0.3) is 0 Å². The van der Waals surface area contributed by atoms with Gasteiger partial charge >= 0.3 is 6.09 Å². The van der Waals surface area contributed by atoms with Gasteiger partial charge in [-0.05, 0) is 60.1 Å². The molecule has 0 fully saturated rings. The van der Waals surface area contributed by atoms with E-state index in [1.54, 1.807) is 11.1 Å². The van der Waals surface area contributed by atoms with Crippen LogP contribution < -0.4 is 5.32 Å². The minimum absolute atomic E-state index is 0.277. The van der Waals surface area contributed by atoms with Gasteiger partial charge in [-0.1, -0.05) is 6.07 Å². The van der Waals surface area contributed by atoms with Crippen LogP contribution in [0, 0.1) is 6.92 Å². The van der Waals surface area contributed by atoms with Crippen molar-refractivity contribution in [3.05, 3.63) is 29.6 Å². The van der Waals surface area contributed by atoms with Gasteiger partial charge in [0.1, 0.15) is 5.60 Å². The van der Waals surface area contributed by atoms with E-state index in [0.29, 0.717) is 19.6 Å². The molecule has 0 aliphatic carbocycles. The molecule has 0 saturated carbocycles. The second-order valence-corrected chi connectivity index (χ2v) is 7.75. The monoisotopic (exact) mass is 321 g/mol. The Labute approximate surface area is 140 Å². The van der Waals surface area contributed by atoms with E-state index in [1.165, 1.54) is 5.56 Å². The molecule has 0 spiro atoms. The Morgan fingerprint density at radius 3 is 2.43 bits per heavy atom. The molecule has 5 heteroatoms. The minimum atomic E-state index is -0.487. The molecular weight excluding hydrogens is 290 g/mol. The fourth-order valence-electron chi connectivity index (χ4n) is 2.12. The Kier molecular flexibility index (Phi) is 6.57. The SMILES string of the molecule is Cc1cccnc1CNCCN(C(=O)OC(C)(C)C)C(C)(C)C. The van der Waals surface area contributed by atoms with Gasteiger partial charge in [-0.15, -0.1) is 0 Å². The van der Waals surface area contributed by atoms with Crippen molar-refractivity contribution in [3.63, 3.8) is 0 Å². The lowest BCUT2D eigenvalue weighted by atomic mass is 10.1. The molecule has 0 radical (unpaired) electrons. The van der Waals surface area contributed by atoms with Crippen LogP contribution in [0.3, 0.4) is 0 Å². The summed E-state index contributed by atoms with van der Waals surface area (Å²) in [6, 6.07) is 3.98. The van der Waals surface area contributed by atoms with Gasteiger partial charge in [0, 0.05) is 31.4 Å². The number of rotatable bonds is 5. The zero-order valence-corrected chi connectivity index (χ0v) is 15.6. The van der Waals surface area contributed by atoms with Gasteiger partial charge in [-0.25, -0.2) is 4.79 Å². The second-order valence-electron chi connectivity index (χ2n) is 7.75. The van der Waals surface area contributed by atoms with Crippen molar-refractivity contribution in [1.29, 1.82) is 0 Å². The molecule has 5 nitrogen and oxygen atoms in total. The summed E-state index contributed by atoms with van der Waals surface area (Å²) in [5, 5.41) is 3.35. The number of nitrogens with zero attached hydrogens (tertiary/aromatic N) is 2. The molecule has 1 aromatic rings. The van der Waals surface area contributed by atoms with Crippen molar-refractivity contribution >= 4 is 6.09 Å². The standard InChI is InChI=1S/C18H31N3O2/c1-14-9-8-10-20-15(14)13-19-11-12-21(17(2,3)4)16(22)23-18(5,6)7/h8-10,19H,11-13H2,1-7H3. The zero-order valence-electron chi connectivity index (χ0n) is 15.6. The first-order valence-corrected chi connectivity index (χ1v) is 8.12. The van der Waals surface area contributed by atoms with Crippen molar-refractivity contribution in [3.8, 4) is 0 Å². The number of aromatic nitrogens is 1. The van der Waals surface area contributed by atoms with Gasteiger partial charge in [0.05, 0.1) is 5.69 Å². The van der Waals surface area contributed by atoms with Crippen LogP contribution in [0.2, 0.25) is 0 Å². The lowest BCUT2D eigenvalue weighted by molar-refractivity contribution is 0.00663. The number of nitrogens with one attached hydrogen (secondary N) is 1. The van der Waals surface area contributed by atoms with E-state index in [4.69, 9.17) is 4.74 Å². The molecule has 1 heterocycles. The molecular formula is C18H31N3O2. The van der Waals surface area contributed by atoms with Crippen LogP contribution in [0.1, 0.15) is 52.8 Å². The van der Waals surface area contributed by atoms with Crippen molar-refractivity contribution in [1.82, 2.24) is 15.2 Å². The largest absolute Gasteiger partial charge is 0.444 e.